The summed E-state index contributed by atoms with van der Waals surface area (Å²) < 4.78 is 5.15. The van der Waals surface area contributed by atoms with Crippen molar-refractivity contribution in [1.82, 2.24) is 15.6 Å². The predicted octanol–water partition coefficient (Wildman–Crippen LogP) is 3.68. The van der Waals surface area contributed by atoms with Gasteiger partial charge in [-0.05, 0) is 49.1 Å². The first-order chi connectivity index (χ1) is 14.6. The maximum Gasteiger partial charge on any atom is 0.263 e. The molecule has 6 nitrogen and oxygen atoms in total. The highest BCUT2D eigenvalue weighted by atomic mass is 32.1. The normalized spacial score (nSPS) is 13.0. The summed E-state index contributed by atoms with van der Waals surface area (Å²) in [4.78, 5) is 29.4. The third-order valence-corrected chi connectivity index (χ3v) is 5.94. The molecule has 1 aliphatic rings. The Morgan fingerprint density at radius 1 is 1.07 bits per heavy atom. The molecule has 2 amide bonds. The first-order valence-corrected chi connectivity index (χ1v) is 10.7. The molecule has 0 bridgehead atoms. The van der Waals surface area contributed by atoms with Gasteiger partial charge in [-0.1, -0.05) is 24.3 Å². The summed E-state index contributed by atoms with van der Waals surface area (Å²) >= 11 is 1.34. The minimum Gasteiger partial charge on any atom is -0.497 e. The van der Waals surface area contributed by atoms with Crippen LogP contribution in [-0.4, -0.2) is 36.5 Å². The first-order valence-electron chi connectivity index (χ1n) is 9.90. The van der Waals surface area contributed by atoms with Crippen LogP contribution in [0.5, 0.6) is 5.75 Å². The van der Waals surface area contributed by atoms with Gasteiger partial charge in [0.1, 0.15) is 15.6 Å². The number of hydrogen-bond acceptors (Lipinski definition) is 5. The van der Waals surface area contributed by atoms with E-state index in [-0.39, 0.29) is 11.8 Å². The monoisotopic (exact) mass is 421 g/mol. The molecular weight excluding hydrogens is 398 g/mol. The van der Waals surface area contributed by atoms with Gasteiger partial charge in [0, 0.05) is 23.7 Å². The summed E-state index contributed by atoms with van der Waals surface area (Å²) in [6.45, 7) is 0.545. The number of methoxy groups -OCH3 is 1. The van der Waals surface area contributed by atoms with Crippen LogP contribution in [0, 0.1) is 0 Å². The van der Waals surface area contributed by atoms with Crippen LogP contribution in [-0.2, 0) is 6.42 Å². The summed E-state index contributed by atoms with van der Waals surface area (Å²) in [6.07, 6.45) is 4.46. The number of hydrogen-bond donors (Lipinski definition) is 2. The van der Waals surface area contributed by atoms with Crippen molar-refractivity contribution < 1.29 is 14.3 Å². The molecule has 2 aromatic carbocycles. The molecule has 1 fully saturated rings. The SMILES string of the molecule is COc1ccc(CCNC(=O)c2cnc(-c3ccc(C(=O)NC4CC4)cc3)s2)cc1. The van der Waals surface area contributed by atoms with Crippen molar-refractivity contribution in [1.29, 1.82) is 0 Å². The van der Waals surface area contributed by atoms with E-state index in [0.29, 0.717) is 23.0 Å². The summed E-state index contributed by atoms with van der Waals surface area (Å²) in [6, 6.07) is 15.5. The van der Waals surface area contributed by atoms with Crippen molar-refractivity contribution in [3.8, 4) is 16.3 Å². The molecule has 1 aliphatic carbocycles. The van der Waals surface area contributed by atoms with Gasteiger partial charge >= 0.3 is 0 Å². The number of ether oxygens (including phenoxy) is 1. The Labute approximate surface area is 179 Å². The van der Waals surface area contributed by atoms with Crippen LogP contribution in [0.25, 0.3) is 10.6 Å². The Morgan fingerprint density at radius 3 is 2.47 bits per heavy atom. The van der Waals surface area contributed by atoms with E-state index >= 15 is 0 Å². The highest BCUT2D eigenvalue weighted by Crippen LogP contribution is 2.26. The van der Waals surface area contributed by atoms with Gasteiger partial charge in [0.15, 0.2) is 0 Å². The Kier molecular flexibility index (Phi) is 6.09. The molecule has 30 heavy (non-hydrogen) atoms. The van der Waals surface area contributed by atoms with Gasteiger partial charge in [-0.2, -0.15) is 0 Å². The van der Waals surface area contributed by atoms with Crippen molar-refractivity contribution >= 4 is 23.2 Å². The standard InChI is InChI=1S/C23H23N3O3S/c1-29-19-10-2-15(3-11-19)12-13-24-22(28)20-14-25-23(30-20)17-6-4-16(5-7-17)21(27)26-18-8-9-18/h2-7,10-11,14,18H,8-9,12-13H2,1H3,(H,24,28)(H,26,27). The maximum atomic E-state index is 12.4. The van der Waals surface area contributed by atoms with Crippen LogP contribution in [0.3, 0.4) is 0 Å². The second-order valence-corrected chi connectivity index (χ2v) is 8.24. The van der Waals surface area contributed by atoms with E-state index < -0.39 is 0 Å². The fourth-order valence-corrected chi connectivity index (χ4v) is 3.81. The molecule has 0 radical (unpaired) electrons. The van der Waals surface area contributed by atoms with E-state index in [1.807, 2.05) is 36.4 Å². The second kappa shape index (κ2) is 9.09. The summed E-state index contributed by atoms with van der Waals surface area (Å²) in [7, 11) is 1.64. The number of nitrogens with one attached hydrogen (secondary N) is 2. The summed E-state index contributed by atoms with van der Waals surface area (Å²) in [5.74, 6) is 0.643. The van der Waals surface area contributed by atoms with Crippen LogP contribution in [0.4, 0.5) is 0 Å². The molecule has 0 unspecified atom stereocenters. The molecule has 3 aromatic rings. The van der Waals surface area contributed by atoms with Crippen LogP contribution in [0.2, 0.25) is 0 Å². The lowest BCUT2D eigenvalue weighted by Gasteiger charge is -2.05. The fourth-order valence-electron chi connectivity index (χ4n) is 2.97. The lowest BCUT2D eigenvalue weighted by Crippen LogP contribution is -2.25. The zero-order valence-electron chi connectivity index (χ0n) is 16.7. The molecule has 0 spiro atoms. The third-order valence-electron chi connectivity index (χ3n) is 4.89. The van der Waals surface area contributed by atoms with Gasteiger partial charge in [-0.3, -0.25) is 9.59 Å². The molecule has 1 heterocycles. The van der Waals surface area contributed by atoms with Crippen molar-refractivity contribution in [2.45, 2.75) is 25.3 Å². The summed E-state index contributed by atoms with van der Waals surface area (Å²) in [5, 5.41) is 6.66. The highest BCUT2D eigenvalue weighted by molar-refractivity contribution is 7.16. The number of carbonyl (C=O) groups excluding carboxylic acids is 2. The number of nitrogens with zero attached hydrogens (tertiary/aromatic N) is 1. The molecule has 154 valence electrons. The second-order valence-electron chi connectivity index (χ2n) is 7.21. The van der Waals surface area contributed by atoms with E-state index in [2.05, 4.69) is 15.6 Å². The largest absolute Gasteiger partial charge is 0.497 e. The Bertz CT molecular complexity index is 1020. The fraction of sp³-hybridized carbons (Fsp3) is 0.261. The lowest BCUT2D eigenvalue weighted by molar-refractivity contribution is 0.0945. The Hall–Kier alpha value is -3.19. The Morgan fingerprint density at radius 2 is 1.80 bits per heavy atom. The van der Waals surface area contributed by atoms with E-state index in [0.717, 1.165) is 41.1 Å². The van der Waals surface area contributed by atoms with Gasteiger partial charge in [0.25, 0.3) is 11.8 Å². The van der Waals surface area contributed by atoms with Gasteiger partial charge in [0.05, 0.1) is 13.3 Å². The molecule has 0 saturated heterocycles. The van der Waals surface area contributed by atoms with Crippen molar-refractivity contribution in [2.75, 3.05) is 13.7 Å². The molecule has 7 heteroatoms. The Balaban J connectivity index is 1.31. The maximum absolute atomic E-state index is 12.4. The van der Waals surface area contributed by atoms with Gasteiger partial charge in [-0.25, -0.2) is 4.98 Å². The molecular formula is C23H23N3O3S. The molecule has 4 rings (SSSR count). The minimum atomic E-state index is -0.132. The van der Waals surface area contributed by atoms with Gasteiger partial charge in [0.2, 0.25) is 0 Å². The minimum absolute atomic E-state index is 0.0416. The van der Waals surface area contributed by atoms with E-state index in [1.165, 1.54) is 11.3 Å². The average molecular weight is 422 g/mol. The van der Waals surface area contributed by atoms with Crippen molar-refractivity contribution in [2.24, 2.45) is 0 Å². The van der Waals surface area contributed by atoms with Crippen LogP contribution < -0.4 is 15.4 Å². The number of thiazole rings is 1. The van der Waals surface area contributed by atoms with Crippen LogP contribution in [0.15, 0.2) is 54.7 Å². The lowest BCUT2D eigenvalue weighted by atomic mass is 10.1. The van der Waals surface area contributed by atoms with Crippen LogP contribution in [0.1, 0.15) is 38.4 Å². The quantitative estimate of drug-likeness (QED) is 0.581. The molecule has 0 aliphatic heterocycles. The van der Waals surface area contributed by atoms with Gasteiger partial charge < -0.3 is 15.4 Å². The first kappa shape index (κ1) is 20.1. The van der Waals surface area contributed by atoms with Crippen molar-refractivity contribution in [3.63, 3.8) is 0 Å². The topological polar surface area (TPSA) is 80.3 Å². The smallest absolute Gasteiger partial charge is 0.263 e. The molecule has 1 aromatic heterocycles. The van der Waals surface area contributed by atoms with E-state index in [4.69, 9.17) is 4.74 Å². The number of carbonyl (C=O) groups is 2. The molecule has 1 saturated carbocycles. The summed E-state index contributed by atoms with van der Waals surface area (Å²) in [5.41, 5.74) is 2.66. The zero-order valence-corrected chi connectivity index (χ0v) is 17.5. The number of rotatable bonds is 8. The number of benzene rings is 2. The van der Waals surface area contributed by atoms with E-state index in [1.54, 1.807) is 25.4 Å². The predicted molar refractivity (Wildman–Crippen MR) is 117 cm³/mol. The number of amides is 2. The third kappa shape index (κ3) is 5.04. The number of aromatic nitrogens is 1. The highest BCUT2D eigenvalue weighted by Gasteiger charge is 2.23. The molecule has 0 atom stereocenters. The van der Waals surface area contributed by atoms with Crippen molar-refractivity contribution in [3.05, 3.63) is 70.7 Å². The molecule has 2 N–H and O–H groups in total. The van der Waals surface area contributed by atoms with E-state index in [9.17, 15) is 9.59 Å². The average Bonchev–Trinajstić information content (AvgIpc) is 3.45. The van der Waals surface area contributed by atoms with Crippen LogP contribution >= 0.6 is 11.3 Å². The zero-order chi connectivity index (χ0) is 20.9. The van der Waals surface area contributed by atoms with Gasteiger partial charge in [-0.15, -0.1) is 11.3 Å².